The van der Waals surface area contributed by atoms with E-state index in [1.165, 1.54) is 25.5 Å². The Morgan fingerprint density at radius 3 is 2.44 bits per heavy atom. The van der Waals surface area contributed by atoms with Gasteiger partial charge in [0.05, 0.1) is 33.3 Å². The van der Waals surface area contributed by atoms with E-state index in [1.807, 2.05) is 0 Å². The van der Waals surface area contributed by atoms with Crippen LogP contribution in [0.15, 0.2) is 12.7 Å². The zero-order valence-corrected chi connectivity index (χ0v) is 11.0. The van der Waals surface area contributed by atoms with Crippen LogP contribution < -0.4 is 0 Å². The van der Waals surface area contributed by atoms with Crippen LogP contribution in [0.25, 0.3) is 0 Å². The summed E-state index contributed by atoms with van der Waals surface area (Å²) in [4.78, 5) is 10.8. The highest BCUT2D eigenvalue weighted by molar-refractivity contribution is 5.81. The van der Waals surface area contributed by atoms with E-state index < -0.39 is 0 Å². The van der Waals surface area contributed by atoms with Crippen LogP contribution in [0.2, 0.25) is 0 Å². The lowest BCUT2D eigenvalue weighted by Gasteiger charge is -2.33. The summed E-state index contributed by atoms with van der Waals surface area (Å²) in [7, 11) is 2.27. The highest BCUT2D eigenvalue weighted by Crippen LogP contribution is 2.07. The Morgan fingerprint density at radius 2 is 1.94 bits per heavy atom. The number of hydrogen-bond donors (Lipinski definition) is 0. The number of unbranched alkanes of at least 4 members (excludes halogenated alkanes) is 1. The number of carbonyl (C=O) groups excluding carboxylic acids is 1. The Morgan fingerprint density at radius 1 is 1.31 bits per heavy atom. The van der Waals surface area contributed by atoms with Crippen LogP contribution in [0.4, 0.5) is 0 Å². The number of ether oxygens (including phenoxy) is 1. The van der Waals surface area contributed by atoms with Gasteiger partial charge in [-0.05, 0) is 13.3 Å². The molecule has 94 valence electrons. The SMILES string of the molecule is C=CC(=O)OCCC[N+](C)(CC)CCCC. The highest BCUT2D eigenvalue weighted by atomic mass is 16.5. The van der Waals surface area contributed by atoms with E-state index in [0.717, 1.165) is 24.0 Å². The summed E-state index contributed by atoms with van der Waals surface area (Å²) in [5.41, 5.74) is 0. The van der Waals surface area contributed by atoms with E-state index in [2.05, 4.69) is 27.5 Å². The van der Waals surface area contributed by atoms with Gasteiger partial charge in [-0.2, -0.15) is 0 Å². The Balaban J connectivity index is 3.76. The summed E-state index contributed by atoms with van der Waals surface area (Å²) in [6, 6.07) is 0. The van der Waals surface area contributed by atoms with Gasteiger partial charge in [0, 0.05) is 12.5 Å². The summed E-state index contributed by atoms with van der Waals surface area (Å²) in [5.74, 6) is -0.320. The summed E-state index contributed by atoms with van der Waals surface area (Å²) >= 11 is 0. The van der Waals surface area contributed by atoms with Crippen LogP contribution in [-0.4, -0.2) is 43.7 Å². The van der Waals surface area contributed by atoms with Gasteiger partial charge in [0.15, 0.2) is 0 Å². The van der Waals surface area contributed by atoms with Gasteiger partial charge in [-0.15, -0.1) is 0 Å². The first-order valence-electron chi connectivity index (χ1n) is 6.20. The zero-order chi connectivity index (χ0) is 12.4. The monoisotopic (exact) mass is 228 g/mol. The molecule has 0 aliphatic carbocycles. The maximum absolute atomic E-state index is 10.8. The standard InChI is InChI=1S/C13H26NO2/c1-5-8-10-14(4,7-3)11-9-12-16-13(15)6-2/h6H,2,5,7-12H2,1,3-4H3/q+1. The summed E-state index contributed by atoms with van der Waals surface area (Å²) in [5, 5.41) is 0. The second kappa shape index (κ2) is 8.34. The molecule has 0 saturated heterocycles. The molecule has 0 aliphatic heterocycles. The van der Waals surface area contributed by atoms with Crippen molar-refractivity contribution in [2.45, 2.75) is 33.1 Å². The quantitative estimate of drug-likeness (QED) is 0.262. The molecule has 1 atom stereocenters. The lowest BCUT2D eigenvalue weighted by atomic mass is 10.2. The molecular weight excluding hydrogens is 202 g/mol. The third-order valence-corrected chi connectivity index (χ3v) is 3.07. The van der Waals surface area contributed by atoms with Crippen molar-refractivity contribution in [2.24, 2.45) is 0 Å². The Hall–Kier alpha value is -0.830. The van der Waals surface area contributed by atoms with Crippen molar-refractivity contribution >= 4 is 5.97 Å². The molecule has 16 heavy (non-hydrogen) atoms. The lowest BCUT2D eigenvalue weighted by molar-refractivity contribution is -0.908. The smallest absolute Gasteiger partial charge is 0.330 e. The normalized spacial score (nSPS) is 14.2. The van der Waals surface area contributed by atoms with Gasteiger partial charge < -0.3 is 9.22 Å². The molecule has 0 aliphatic rings. The molecular formula is C13H26NO2+. The van der Waals surface area contributed by atoms with Gasteiger partial charge in [-0.25, -0.2) is 4.79 Å². The van der Waals surface area contributed by atoms with E-state index in [0.29, 0.717) is 6.61 Å². The molecule has 3 heteroatoms. The van der Waals surface area contributed by atoms with E-state index in [9.17, 15) is 4.79 Å². The highest BCUT2D eigenvalue weighted by Gasteiger charge is 2.17. The van der Waals surface area contributed by atoms with Gasteiger partial charge in [0.1, 0.15) is 0 Å². The largest absolute Gasteiger partial charge is 0.462 e. The van der Waals surface area contributed by atoms with Crippen molar-refractivity contribution in [3.8, 4) is 0 Å². The van der Waals surface area contributed by atoms with Crippen LogP contribution in [-0.2, 0) is 9.53 Å². The molecule has 3 nitrogen and oxygen atoms in total. The molecule has 0 aromatic carbocycles. The zero-order valence-electron chi connectivity index (χ0n) is 11.0. The summed E-state index contributed by atoms with van der Waals surface area (Å²) in [6.07, 6.45) is 4.63. The number of esters is 1. The van der Waals surface area contributed by atoms with E-state index in [-0.39, 0.29) is 5.97 Å². The number of carbonyl (C=O) groups is 1. The summed E-state index contributed by atoms with van der Waals surface area (Å²) in [6.45, 7) is 11.7. The van der Waals surface area contributed by atoms with Crippen molar-refractivity contribution in [1.82, 2.24) is 0 Å². The van der Waals surface area contributed by atoms with Crippen LogP contribution in [0, 0.1) is 0 Å². The third kappa shape index (κ3) is 6.62. The lowest BCUT2D eigenvalue weighted by Crippen LogP contribution is -2.45. The second-order valence-electron chi connectivity index (χ2n) is 4.46. The molecule has 0 saturated carbocycles. The van der Waals surface area contributed by atoms with Gasteiger partial charge >= 0.3 is 5.97 Å². The molecule has 0 spiro atoms. The van der Waals surface area contributed by atoms with E-state index in [4.69, 9.17) is 4.74 Å². The summed E-state index contributed by atoms with van der Waals surface area (Å²) < 4.78 is 6.04. The molecule has 0 aromatic rings. The van der Waals surface area contributed by atoms with Crippen molar-refractivity contribution < 1.29 is 14.0 Å². The Bertz CT molecular complexity index is 216. The number of nitrogens with zero attached hydrogens (tertiary/aromatic N) is 1. The Labute approximate surface area is 99.7 Å². The second-order valence-corrected chi connectivity index (χ2v) is 4.46. The maximum atomic E-state index is 10.8. The predicted molar refractivity (Wildman–Crippen MR) is 67.1 cm³/mol. The van der Waals surface area contributed by atoms with Crippen LogP contribution in [0.1, 0.15) is 33.1 Å². The molecule has 0 radical (unpaired) electrons. The molecule has 0 rings (SSSR count). The molecule has 0 N–H and O–H groups in total. The number of rotatable bonds is 9. The number of quaternary nitrogens is 1. The van der Waals surface area contributed by atoms with Crippen molar-refractivity contribution in [1.29, 1.82) is 0 Å². The predicted octanol–water partition coefficient (Wildman–Crippen LogP) is 2.37. The minimum atomic E-state index is -0.320. The average Bonchev–Trinajstić information content (AvgIpc) is 2.31. The molecule has 0 amide bonds. The van der Waals surface area contributed by atoms with Gasteiger partial charge in [0.2, 0.25) is 0 Å². The van der Waals surface area contributed by atoms with Crippen molar-refractivity contribution in [3.05, 3.63) is 12.7 Å². The van der Waals surface area contributed by atoms with Crippen LogP contribution in [0.3, 0.4) is 0 Å². The van der Waals surface area contributed by atoms with Crippen molar-refractivity contribution in [3.63, 3.8) is 0 Å². The average molecular weight is 228 g/mol. The first-order valence-corrected chi connectivity index (χ1v) is 6.20. The molecule has 0 bridgehead atoms. The van der Waals surface area contributed by atoms with Crippen LogP contribution >= 0.6 is 0 Å². The maximum Gasteiger partial charge on any atom is 0.330 e. The first kappa shape index (κ1) is 15.2. The van der Waals surface area contributed by atoms with Gasteiger partial charge in [-0.3, -0.25) is 0 Å². The minimum absolute atomic E-state index is 0.320. The Kier molecular flexibility index (Phi) is 7.90. The fourth-order valence-electron chi connectivity index (χ4n) is 1.65. The van der Waals surface area contributed by atoms with Gasteiger partial charge in [0.25, 0.3) is 0 Å². The van der Waals surface area contributed by atoms with Gasteiger partial charge in [-0.1, -0.05) is 19.9 Å². The topological polar surface area (TPSA) is 26.3 Å². The van der Waals surface area contributed by atoms with E-state index in [1.54, 1.807) is 0 Å². The van der Waals surface area contributed by atoms with Crippen LogP contribution in [0.5, 0.6) is 0 Å². The fourth-order valence-corrected chi connectivity index (χ4v) is 1.65. The molecule has 0 heterocycles. The van der Waals surface area contributed by atoms with E-state index >= 15 is 0 Å². The molecule has 0 aromatic heterocycles. The first-order chi connectivity index (χ1) is 7.58. The minimum Gasteiger partial charge on any atom is -0.462 e. The molecule has 0 fully saturated rings. The fraction of sp³-hybridized carbons (Fsp3) is 0.769. The van der Waals surface area contributed by atoms with Crippen molar-refractivity contribution in [2.75, 3.05) is 33.3 Å². The molecule has 1 unspecified atom stereocenters. The third-order valence-electron chi connectivity index (χ3n) is 3.07. The number of hydrogen-bond acceptors (Lipinski definition) is 2.